The van der Waals surface area contributed by atoms with Gasteiger partial charge in [0.25, 0.3) is 5.91 Å². The molecule has 7 heteroatoms. The zero-order valence-electron chi connectivity index (χ0n) is 14.3. The molecule has 2 aromatic rings. The second-order valence-corrected chi connectivity index (χ2v) is 6.81. The average Bonchev–Trinajstić information content (AvgIpc) is 3.20. The number of amides is 1. The fourth-order valence-electron chi connectivity index (χ4n) is 3.72. The van der Waals surface area contributed by atoms with Crippen LogP contribution in [-0.4, -0.2) is 57.2 Å². The molecule has 0 saturated carbocycles. The molecule has 1 atom stereocenters. The summed E-state index contributed by atoms with van der Waals surface area (Å²) in [5.74, 6) is 1.18. The van der Waals surface area contributed by atoms with Crippen LogP contribution in [0.1, 0.15) is 23.3 Å². The molecule has 0 bridgehead atoms. The molecule has 0 unspecified atom stereocenters. The van der Waals surface area contributed by atoms with Gasteiger partial charge < -0.3 is 18.9 Å². The Balaban J connectivity index is 1.31. The highest BCUT2D eigenvalue weighted by Crippen LogP contribution is 2.42. The van der Waals surface area contributed by atoms with Crippen LogP contribution in [0.15, 0.2) is 37.1 Å². The molecule has 25 heavy (non-hydrogen) atoms. The monoisotopic (exact) mass is 342 g/mol. The Labute approximate surface area is 146 Å². The van der Waals surface area contributed by atoms with Gasteiger partial charge in [-0.1, -0.05) is 0 Å². The first-order valence-corrected chi connectivity index (χ1v) is 8.60. The van der Waals surface area contributed by atoms with Crippen LogP contribution in [0.4, 0.5) is 0 Å². The highest BCUT2D eigenvalue weighted by atomic mass is 16.5. The summed E-state index contributed by atoms with van der Waals surface area (Å²) in [4.78, 5) is 22.5. The summed E-state index contributed by atoms with van der Waals surface area (Å²) < 4.78 is 13.6. The molecule has 2 aliphatic heterocycles. The summed E-state index contributed by atoms with van der Waals surface area (Å²) >= 11 is 0. The lowest BCUT2D eigenvalue weighted by Crippen LogP contribution is -2.66. The molecule has 0 aliphatic carbocycles. The second-order valence-electron chi connectivity index (χ2n) is 6.81. The van der Waals surface area contributed by atoms with Crippen molar-refractivity contribution in [3.05, 3.63) is 42.7 Å². The van der Waals surface area contributed by atoms with Gasteiger partial charge in [-0.3, -0.25) is 9.78 Å². The first-order chi connectivity index (χ1) is 12.2. The molecule has 0 radical (unpaired) electrons. The van der Waals surface area contributed by atoms with E-state index in [0.717, 1.165) is 25.2 Å². The lowest BCUT2D eigenvalue weighted by Gasteiger charge is -2.50. The lowest BCUT2D eigenvalue weighted by atomic mass is 9.79. The summed E-state index contributed by atoms with van der Waals surface area (Å²) in [6.45, 7) is 2.67. The molecule has 2 aliphatic rings. The van der Waals surface area contributed by atoms with Gasteiger partial charge in [0, 0.05) is 26.0 Å². The van der Waals surface area contributed by atoms with Crippen molar-refractivity contribution in [2.75, 3.05) is 26.3 Å². The average molecular weight is 342 g/mol. The third-order valence-electron chi connectivity index (χ3n) is 5.10. The van der Waals surface area contributed by atoms with Crippen molar-refractivity contribution in [3.63, 3.8) is 0 Å². The van der Waals surface area contributed by atoms with Crippen molar-refractivity contribution in [2.24, 2.45) is 13.0 Å². The Hall–Kier alpha value is -2.41. The third kappa shape index (κ3) is 3.11. The number of carbonyl (C=O) groups excluding carboxylic acids is 1. The first kappa shape index (κ1) is 16.1. The number of likely N-dealkylation sites (tertiary alicyclic amines) is 1. The molecular formula is C18H22N4O3. The molecule has 4 heterocycles. The van der Waals surface area contributed by atoms with Crippen LogP contribution < -0.4 is 4.74 Å². The largest absolute Gasteiger partial charge is 0.492 e. The van der Waals surface area contributed by atoms with Gasteiger partial charge in [0.1, 0.15) is 17.0 Å². The number of rotatable bonds is 5. The summed E-state index contributed by atoms with van der Waals surface area (Å²) in [7, 11) is 1.86. The number of hydrogen-bond donors (Lipinski definition) is 0. The molecule has 0 aromatic carbocycles. The highest BCUT2D eigenvalue weighted by molar-refractivity contribution is 5.92. The normalized spacial score (nSPS) is 21.3. The SMILES string of the molecule is Cn1cnc(C(=O)N2CC3(C2)OCC[C@@H]3CCOc2cccnc2)c1. The van der Waals surface area contributed by atoms with E-state index < -0.39 is 0 Å². The quantitative estimate of drug-likeness (QED) is 0.824. The van der Waals surface area contributed by atoms with Gasteiger partial charge in [-0.15, -0.1) is 0 Å². The van der Waals surface area contributed by atoms with Crippen LogP contribution in [0.25, 0.3) is 0 Å². The predicted octanol–water partition coefficient (Wildman–Crippen LogP) is 1.52. The standard InChI is InChI=1S/C18H22N4O3/c1-21-10-16(20-13-21)17(23)22-11-18(12-22)14(5-8-25-18)4-7-24-15-3-2-6-19-9-15/h2-3,6,9-10,13-14H,4-5,7-8,11-12H2,1H3/t14-/m0/s1. The van der Waals surface area contributed by atoms with Crippen molar-refractivity contribution in [1.29, 1.82) is 0 Å². The first-order valence-electron chi connectivity index (χ1n) is 8.60. The van der Waals surface area contributed by atoms with E-state index in [0.29, 0.717) is 31.3 Å². The van der Waals surface area contributed by atoms with Crippen LogP contribution in [0.5, 0.6) is 5.75 Å². The lowest BCUT2D eigenvalue weighted by molar-refractivity contribution is -0.119. The molecular weight excluding hydrogens is 320 g/mol. The minimum Gasteiger partial charge on any atom is -0.492 e. The zero-order chi connectivity index (χ0) is 17.3. The van der Waals surface area contributed by atoms with E-state index in [1.807, 2.05) is 24.1 Å². The van der Waals surface area contributed by atoms with Crippen molar-refractivity contribution in [1.82, 2.24) is 19.4 Å². The number of aromatic nitrogens is 3. The molecule has 2 aromatic heterocycles. The van der Waals surface area contributed by atoms with Gasteiger partial charge in [0.2, 0.25) is 0 Å². The molecule has 132 valence electrons. The van der Waals surface area contributed by atoms with Crippen molar-refractivity contribution >= 4 is 5.91 Å². The molecule has 1 spiro atoms. The van der Waals surface area contributed by atoms with Crippen molar-refractivity contribution < 1.29 is 14.3 Å². The van der Waals surface area contributed by atoms with E-state index >= 15 is 0 Å². The number of ether oxygens (including phenoxy) is 2. The number of pyridine rings is 1. The fourth-order valence-corrected chi connectivity index (χ4v) is 3.72. The van der Waals surface area contributed by atoms with Crippen molar-refractivity contribution in [2.45, 2.75) is 18.4 Å². The summed E-state index contributed by atoms with van der Waals surface area (Å²) in [5, 5.41) is 0. The Kier molecular flexibility index (Phi) is 4.17. The maximum Gasteiger partial charge on any atom is 0.274 e. The molecule has 2 saturated heterocycles. The van der Waals surface area contributed by atoms with Gasteiger partial charge in [-0.2, -0.15) is 0 Å². The highest BCUT2D eigenvalue weighted by Gasteiger charge is 2.54. The fraction of sp³-hybridized carbons (Fsp3) is 0.500. The van der Waals surface area contributed by atoms with E-state index in [2.05, 4.69) is 9.97 Å². The number of imidazole rings is 1. The maximum absolute atomic E-state index is 12.4. The van der Waals surface area contributed by atoms with E-state index in [1.165, 1.54) is 0 Å². The Bertz CT molecular complexity index is 740. The number of carbonyl (C=O) groups is 1. The van der Waals surface area contributed by atoms with Gasteiger partial charge >= 0.3 is 0 Å². The van der Waals surface area contributed by atoms with Gasteiger partial charge in [0.15, 0.2) is 0 Å². The number of aryl methyl sites for hydroxylation is 1. The van der Waals surface area contributed by atoms with Gasteiger partial charge in [0.05, 0.1) is 32.2 Å². The van der Waals surface area contributed by atoms with E-state index in [9.17, 15) is 4.79 Å². The number of nitrogens with zero attached hydrogens (tertiary/aromatic N) is 4. The smallest absolute Gasteiger partial charge is 0.274 e. The molecule has 1 amide bonds. The Morgan fingerprint density at radius 1 is 1.48 bits per heavy atom. The van der Waals surface area contributed by atoms with Crippen LogP contribution in [0.3, 0.4) is 0 Å². The molecule has 2 fully saturated rings. The van der Waals surface area contributed by atoms with Crippen molar-refractivity contribution in [3.8, 4) is 5.75 Å². The minimum atomic E-state index is -0.206. The van der Waals surface area contributed by atoms with E-state index in [1.54, 1.807) is 29.5 Å². The molecule has 4 rings (SSSR count). The predicted molar refractivity (Wildman–Crippen MR) is 90.3 cm³/mol. The van der Waals surface area contributed by atoms with Gasteiger partial charge in [-0.25, -0.2) is 4.98 Å². The van der Waals surface area contributed by atoms with E-state index in [4.69, 9.17) is 9.47 Å². The zero-order valence-corrected chi connectivity index (χ0v) is 14.3. The summed E-state index contributed by atoms with van der Waals surface area (Å²) in [5.41, 5.74) is 0.287. The third-order valence-corrected chi connectivity index (χ3v) is 5.10. The summed E-state index contributed by atoms with van der Waals surface area (Å²) in [6, 6.07) is 3.77. The van der Waals surface area contributed by atoms with Crippen LogP contribution in [-0.2, 0) is 11.8 Å². The topological polar surface area (TPSA) is 69.5 Å². The molecule has 7 nitrogen and oxygen atoms in total. The van der Waals surface area contributed by atoms with Crippen LogP contribution >= 0.6 is 0 Å². The van der Waals surface area contributed by atoms with Crippen LogP contribution in [0, 0.1) is 5.92 Å². The number of hydrogen-bond acceptors (Lipinski definition) is 5. The summed E-state index contributed by atoms with van der Waals surface area (Å²) in [6.07, 6.45) is 8.78. The van der Waals surface area contributed by atoms with Crippen LogP contribution in [0.2, 0.25) is 0 Å². The Morgan fingerprint density at radius 3 is 3.08 bits per heavy atom. The Morgan fingerprint density at radius 2 is 2.36 bits per heavy atom. The maximum atomic E-state index is 12.4. The van der Waals surface area contributed by atoms with Gasteiger partial charge in [-0.05, 0) is 30.9 Å². The second kappa shape index (κ2) is 6.48. The minimum absolute atomic E-state index is 0.0212. The molecule has 0 N–H and O–H groups in total. The van der Waals surface area contributed by atoms with E-state index in [-0.39, 0.29) is 11.5 Å².